The molecule has 1 aliphatic heterocycles. The van der Waals surface area contributed by atoms with Gasteiger partial charge < -0.3 is 9.15 Å². The van der Waals surface area contributed by atoms with Crippen LogP contribution in [0.1, 0.15) is 24.7 Å². The van der Waals surface area contributed by atoms with Gasteiger partial charge in [0.05, 0.1) is 13.2 Å². The summed E-state index contributed by atoms with van der Waals surface area (Å²) in [6.07, 6.45) is 3.27. The summed E-state index contributed by atoms with van der Waals surface area (Å²) in [6, 6.07) is 8.40. The number of morpholine rings is 1. The van der Waals surface area contributed by atoms with Crippen LogP contribution in [0.25, 0.3) is 11.0 Å². The molecule has 20 heavy (non-hydrogen) atoms. The monoisotopic (exact) mass is 273 g/mol. The van der Waals surface area contributed by atoms with Gasteiger partial charge in [-0.2, -0.15) is 0 Å². The highest BCUT2D eigenvalue weighted by Crippen LogP contribution is 2.27. The zero-order valence-electron chi connectivity index (χ0n) is 12.2. The summed E-state index contributed by atoms with van der Waals surface area (Å²) >= 11 is 0. The molecule has 3 heteroatoms. The normalized spacial score (nSPS) is 16.9. The van der Waals surface area contributed by atoms with E-state index in [-0.39, 0.29) is 0 Å². The second-order valence-electron chi connectivity index (χ2n) is 5.41. The van der Waals surface area contributed by atoms with Crippen molar-refractivity contribution in [2.45, 2.75) is 26.2 Å². The number of hydrogen-bond donors (Lipinski definition) is 0. The average Bonchev–Trinajstić information content (AvgIpc) is 2.87. The fourth-order valence-corrected chi connectivity index (χ4v) is 3.01. The molecule has 0 bridgehead atoms. The zero-order valence-corrected chi connectivity index (χ0v) is 12.2. The van der Waals surface area contributed by atoms with E-state index < -0.39 is 0 Å². The minimum atomic E-state index is 0.884. The van der Waals surface area contributed by atoms with Crippen molar-refractivity contribution in [1.82, 2.24) is 4.90 Å². The Morgan fingerprint density at radius 1 is 1.15 bits per heavy atom. The summed E-state index contributed by atoms with van der Waals surface area (Å²) < 4.78 is 11.3. The van der Waals surface area contributed by atoms with E-state index in [1.54, 1.807) is 0 Å². The number of hydrogen-bond acceptors (Lipinski definition) is 3. The Morgan fingerprint density at radius 3 is 2.75 bits per heavy atom. The summed E-state index contributed by atoms with van der Waals surface area (Å²) in [5.41, 5.74) is 2.45. The second-order valence-corrected chi connectivity index (χ2v) is 5.41. The number of para-hydroxylation sites is 1. The summed E-state index contributed by atoms with van der Waals surface area (Å²) in [7, 11) is 0. The first-order chi connectivity index (χ1) is 9.88. The van der Waals surface area contributed by atoms with E-state index in [1.165, 1.54) is 17.4 Å². The highest BCUT2D eigenvalue weighted by molar-refractivity contribution is 5.82. The van der Waals surface area contributed by atoms with Crippen LogP contribution in [0.4, 0.5) is 0 Å². The molecule has 0 atom stereocenters. The Bertz CT molecular complexity index is 555. The quantitative estimate of drug-likeness (QED) is 0.836. The molecule has 0 spiro atoms. The van der Waals surface area contributed by atoms with Gasteiger partial charge in [0.1, 0.15) is 11.3 Å². The first-order valence-corrected chi connectivity index (χ1v) is 7.68. The Kier molecular flexibility index (Phi) is 4.38. The molecular formula is C17H23NO2. The predicted molar refractivity (Wildman–Crippen MR) is 81.2 cm³/mol. The van der Waals surface area contributed by atoms with E-state index in [1.807, 2.05) is 6.07 Å². The van der Waals surface area contributed by atoms with E-state index in [2.05, 4.69) is 30.0 Å². The smallest absolute Gasteiger partial charge is 0.134 e. The number of furan rings is 1. The lowest BCUT2D eigenvalue weighted by atomic mass is 10.0. The van der Waals surface area contributed by atoms with Gasteiger partial charge in [0.2, 0.25) is 0 Å². The first-order valence-electron chi connectivity index (χ1n) is 7.68. The van der Waals surface area contributed by atoms with Gasteiger partial charge in [0.15, 0.2) is 0 Å². The SMILES string of the molecule is CCc1oc2ccccc2c1CCCN1CCOCC1. The fourth-order valence-electron chi connectivity index (χ4n) is 3.01. The number of ether oxygens (including phenoxy) is 1. The van der Waals surface area contributed by atoms with Gasteiger partial charge in [0, 0.05) is 30.5 Å². The molecule has 0 unspecified atom stereocenters. The van der Waals surface area contributed by atoms with Gasteiger partial charge in [0.25, 0.3) is 0 Å². The van der Waals surface area contributed by atoms with Gasteiger partial charge >= 0.3 is 0 Å². The molecule has 1 aromatic heterocycles. The maximum absolute atomic E-state index is 5.96. The van der Waals surface area contributed by atoms with Crippen LogP contribution in [-0.2, 0) is 17.6 Å². The molecule has 2 aromatic rings. The Labute approximate surface area is 120 Å². The summed E-state index contributed by atoms with van der Waals surface area (Å²) in [4.78, 5) is 2.50. The standard InChI is InChI=1S/C17H23NO2/c1-2-16-14(15-6-3-4-8-17(15)20-16)7-5-9-18-10-12-19-13-11-18/h3-4,6,8H,2,5,7,9-13H2,1H3. The first kappa shape index (κ1) is 13.7. The third-order valence-corrected chi connectivity index (χ3v) is 4.11. The molecule has 2 heterocycles. The number of fused-ring (bicyclic) bond motifs is 1. The van der Waals surface area contributed by atoms with E-state index in [0.717, 1.165) is 57.0 Å². The molecule has 0 saturated carbocycles. The summed E-state index contributed by atoms with van der Waals surface area (Å²) in [5.74, 6) is 1.16. The lowest BCUT2D eigenvalue weighted by molar-refractivity contribution is 0.0374. The molecule has 0 amide bonds. The minimum Gasteiger partial charge on any atom is -0.461 e. The van der Waals surface area contributed by atoms with Gasteiger partial charge in [-0.25, -0.2) is 0 Å². The van der Waals surface area contributed by atoms with Crippen LogP contribution in [0.5, 0.6) is 0 Å². The molecule has 3 rings (SSSR count). The minimum absolute atomic E-state index is 0.884. The number of nitrogens with zero attached hydrogens (tertiary/aromatic N) is 1. The maximum atomic E-state index is 5.96. The van der Waals surface area contributed by atoms with Crippen LogP contribution in [0.3, 0.4) is 0 Å². The zero-order chi connectivity index (χ0) is 13.8. The van der Waals surface area contributed by atoms with Crippen LogP contribution in [0.15, 0.2) is 28.7 Å². The Hall–Kier alpha value is -1.32. The molecule has 0 N–H and O–H groups in total. The van der Waals surface area contributed by atoms with E-state index in [4.69, 9.17) is 9.15 Å². The van der Waals surface area contributed by atoms with Crippen molar-refractivity contribution in [3.05, 3.63) is 35.6 Å². The molecule has 1 saturated heterocycles. The van der Waals surface area contributed by atoms with E-state index in [0.29, 0.717) is 0 Å². The van der Waals surface area contributed by atoms with Crippen molar-refractivity contribution in [2.24, 2.45) is 0 Å². The predicted octanol–water partition coefficient (Wildman–Crippen LogP) is 3.26. The van der Waals surface area contributed by atoms with Crippen LogP contribution in [0, 0.1) is 0 Å². The number of benzene rings is 1. The lowest BCUT2D eigenvalue weighted by Crippen LogP contribution is -2.36. The van der Waals surface area contributed by atoms with Crippen molar-refractivity contribution in [2.75, 3.05) is 32.8 Å². The van der Waals surface area contributed by atoms with Crippen molar-refractivity contribution in [3.63, 3.8) is 0 Å². The summed E-state index contributed by atoms with van der Waals surface area (Å²) in [6.45, 7) is 7.25. The Morgan fingerprint density at radius 2 is 1.95 bits per heavy atom. The van der Waals surface area contributed by atoms with Crippen LogP contribution < -0.4 is 0 Å². The largest absolute Gasteiger partial charge is 0.461 e. The maximum Gasteiger partial charge on any atom is 0.134 e. The van der Waals surface area contributed by atoms with Crippen LogP contribution in [-0.4, -0.2) is 37.7 Å². The third-order valence-electron chi connectivity index (χ3n) is 4.11. The number of aryl methyl sites for hydroxylation is 2. The topological polar surface area (TPSA) is 25.6 Å². The molecule has 0 radical (unpaired) electrons. The van der Waals surface area contributed by atoms with Gasteiger partial charge in [-0.3, -0.25) is 4.90 Å². The van der Waals surface area contributed by atoms with Crippen LogP contribution in [0.2, 0.25) is 0 Å². The van der Waals surface area contributed by atoms with Crippen molar-refractivity contribution in [1.29, 1.82) is 0 Å². The third kappa shape index (κ3) is 2.89. The molecule has 1 aromatic carbocycles. The van der Waals surface area contributed by atoms with Crippen molar-refractivity contribution < 1.29 is 9.15 Å². The van der Waals surface area contributed by atoms with Crippen molar-refractivity contribution in [3.8, 4) is 0 Å². The highest BCUT2D eigenvalue weighted by atomic mass is 16.5. The second kappa shape index (κ2) is 6.42. The average molecular weight is 273 g/mol. The molecule has 108 valence electrons. The molecule has 1 aliphatic rings. The molecule has 3 nitrogen and oxygen atoms in total. The molecule has 1 fully saturated rings. The fraction of sp³-hybridized carbons (Fsp3) is 0.529. The summed E-state index contributed by atoms with van der Waals surface area (Å²) in [5, 5.41) is 1.30. The number of rotatable bonds is 5. The van der Waals surface area contributed by atoms with Crippen LogP contribution >= 0.6 is 0 Å². The van der Waals surface area contributed by atoms with E-state index >= 15 is 0 Å². The van der Waals surface area contributed by atoms with Crippen molar-refractivity contribution >= 4 is 11.0 Å². The van der Waals surface area contributed by atoms with Gasteiger partial charge in [-0.05, 0) is 25.5 Å². The Balaban J connectivity index is 1.66. The lowest BCUT2D eigenvalue weighted by Gasteiger charge is -2.26. The highest BCUT2D eigenvalue weighted by Gasteiger charge is 2.14. The van der Waals surface area contributed by atoms with Gasteiger partial charge in [-0.15, -0.1) is 0 Å². The molecular weight excluding hydrogens is 250 g/mol. The van der Waals surface area contributed by atoms with E-state index in [9.17, 15) is 0 Å². The van der Waals surface area contributed by atoms with Gasteiger partial charge in [-0.1, -0.05) is 25.1 Å². The molecule has 0 aliphatic carbocycles.